The predicted molar refractivity (Wildman–Crippen MR) is 126 cm³/mol. The molecule has 3 aromatic rings. The van der Waals surface area contributed by atoms with Crippen molar-refractivity contribution < 1.29 is 18.7 Å². The van der Waals surface area contributed by atoms with Gasteiger partial charge in [0.1, 0.15) is 11.6 Å². The van der Waals surface area contributed by atoms with Crippen molar-refractivity contribution in [1.82, 2.24) is 20.6 Å². The van der Waals surface area contributed by atoms with E-state index in [0.29, 0.717) is 64.9 Å². The third kappa shape index (κ3) is 4.43. The Morgan fingerprint density at radius 2 is 2.24 bits per heavy atom. The SMILES string of the molecule is O=C1NCCC(NCc2ccncc2OCC2CCOC2)=C1c1[nH]c2cccc(F)c2c1S. The van der Waals surface area contributed by atoms with Gasteiger partial charge in [0.05, 0.1) is 30.7 Å². The van der Waals surface area contributed by atoms with Crippen LogP contribution in [0.3, 0.4) is 0 Å². The average Bonchev–Trinajstić information content (AvgIpc) is 3.45. The summed E-state index contributed by atoms with van der Waals surface area (Å²) in [6.07, 6.45) is 5.04. The minimum Gasteiger partial charge on any atom is -0.491 e. The number of H-pyrrole nitrogens is 1. The highest BCUT2D eigenvalue weighted by molar-refractivity contribution is 7.80. The van der Waals surface area contributed by atoms with E-state index < -0.39 is 0 Å². The van der Waals surface area contributed by atoms with Gasteiger partial charge in [-0.15, -0.1) is 12.6 Å². The summed E-state index contributed by atoms with van der Waals surface area (Å²) in [6.45, 7) is 3.05. The summed E-state index contributed by atoms with van der Waals surface area (Å²) in [5.41, 5.74) is 3.26. The van der Waals surface area contributed by atoms with Gasteiger partial charge in [-0.1, -0.05) is 6.07 Å². The van der Waals surface area contributed by atoms with E-state index in [1.807, 2.05) is 6.07 Å². The molecule has 1 aromatic carbocycles. The molecule has 33 heavy (non-hydrogen) atoms. The molecular weight excluding hydrogens is 443 g/mol. The number of rotatable bonds is 7. The van der Waals surface area contributed by atoms with Gasteiger partial charge < -0.3 is 25.1 Å². The fourth-order valence-electron chi connectivity index (χ4n) is 4.27. The lowest BCUT2D eigenvalue weighted by Gasteiger charge is -2.22. The number of halogens is 1. The molecule has 1 saturated heterocycles. The Morgan fingerprint density at radius 3 is 3.06 bits per heavy atom. The lowest BCUT2D eigenvalue weighted by molar-refractivity contribution is -0.115. The second-order valence-corrected chi connectivity index (χ2v) is 8.70. The molecule has 1 atom stereocenters. The fraction of sp³-hybridized carbons (Fsp3) is 0.333. The Hall–Kier alpha value is -3.04. The van der Waals surface area contributed by atoms with E-state index in [1.54, 1.807) is 24.5 Å². The summed E-state index contributed by atoms with van der Waals surface area (Å²) in [7, 11) is 0. The van der Waals surface area contributed by atoms with Crippen LogP contribution in [0.15, 0.2) is 47.3 Å². The summed E-state index contributed by atoms with van der Waals surface area (Å²) >= 11 is 4.55. The monoisotopic (exact) mass is 468 g/mol. The first kappa shape index (κ1) is 21.8. The van der Waals surface area contributed by atoms with E-state index >= 15 is 0 Å². The maximum atomic E-state index is 14.4. The maximum Gasteiger partial charge on any atom is 0.255 e. The van der Waals surface area contributed by atoms with Crippen LogP contribution in [-0.4, -0.2) is 42.2 Å². The highest BCUT2D eigenvalue weighted by Gasteiger charge is 2.27. The van der Waals surface area contributed by atoms with Gasteiger partial charge in [-0.3, -0.25) is 9.78 Å². The Balaban J connectivity index is 1.41. The number of fused-ring (bicyclic) bond motifs is 1. The minimum absolute atomic E-state index is 0.224. The predicted octanol–water partition coefficient (Wildman–Crippen LogP) is 3.43. The third-order valence-electron chi connectivity index (χ3n) is 6.05. The molecule has 0 bridgehead atoms. The second kappa shape index (κ2) is 9.44. The van der Waals surface area contributed by atoms with Gasteiger partial charge in [-0.05, 0) is 24.6 Å². The molecule has 0 radical (unpaired) electrons. The number of ether oxygens (including phenoxy) is 2. The number of benzene rings is 1. The zero-order valence-electron chi connectivity index (χ0n) is 18.0. The molecule has 5 rings (SSSR count). The Bertz CT molecular complexity index is 1220. The highest BCUT2D eigenvalue weighted by Crippen LogP contribution is 2.34. The van der Waals surface area contributed by atoms with E-state index in [0.717, 1.165) is 30.9 Å². The number of carbonyl (C=O) groups excluding carboxylic acids is 1. The number of hydrogen-bond acceptors (Lipinski definition) is 6. The quantitative estimate of drug-likeness (QED) is 0.399. The number of pyridine rings is 1. The number of nitrogens with zero attached hydrogens (tertiary/aromatic N) is 1. The molecule has 3 N–H and O–H groups in total. The van der Waals surface area contributed by atoms with Crippen LogP contribution in [0.4, 0.5) is 4.39 Å². The molecule has 1 amide bonds. The summed E-state index contributed by atoms with van der Waals surface area (Å²) in [5, 5.41) is 6.66. The van der Waals surface area contributed by atoms with Gasteiger partial charge in [0.15, 0.2) is 0 Å². The normalized spacial score (nSPS) is 18.6. The molecule has 4 heterocycles. The van der Waals surface area contributed by atoms with E-state index in [1.165, 1.54) is 6.07 Å². The lowest BCUT2D eigenvalue weighted by atomic mass is 10.0. The first-order chi connectivity index (χ1) is 16.1. The topological polar surface area (TPSA) is 88.3 Å². The average molecular weight is 469 g/mol. The lowest BCUT2D eigenvalue weighted by Crippen LogP contribution is -2.35. The third-order valence-corrected chi connectivity index (χ3v) is 6.49. The van der Waals surface area contributed by atoms with Crippen molar-refractivity contribution >= 4 is 35.0 Å². The molecule has 1 unspecified atom stereocenters. The van der Waals surface area contributed by atoms with Gasteiger partial charge in [0.2, 0.25) is 0 Å². The standard InChI is InChI=1S/C24H25FN4O3S/c25-16-2-1-3-18-20(16)23(33)22(29-18)21-17(5-8-27-24(21)30)28-10-15-4-7-26-11-19(15)32-13-14-6-9-31-12-14/h1-4,7,11,14,28-29,33H,5-6,8-10,12-13H2,(H,27,30). The van der Waals surface area contributed by atoms with Crippen molar-refractivity contribution in [2.24, 2.45) is 5.92 Å². The van der Waals surface area contributed by atoms with Gasteiger partial charge >= 0.3 is 0 Å². The number of aromatic amines is 1. The molecule has 0 spiro atoms. The number of thiol groups is 1. The summed E-state index contributed by atoms with van der Waals surface area (Å²) in [6, 6.07) is 6.68. The van der Waals surface area contributed by atoms with Crippen LogP contribution in [0.1, 0.15) is 24.1 Å². The van der Waals surface area contributed by atoms with Gasteiger partial charge in [-0.2, -0.15) is 0 Å². The Morgan fingerprint density at radius 1 is 1.33 bits per heavy atom. The first-order valence-corrected chi connectivity index (χ1v) is 11.4. The van der Waals surface area contributed by atoms with Crippen molar-refractivity contribution in [2.75, 3.05) is 26.4 Å². The highest BCUT2D eigenvalue weighted by atomic mass is 32.1. The smallest absolute Gasteiger partial charge is 0.255 e. The van der Waals surface area contributed by atoms with Crippen LogP contribution in [0.25, 0.3) is 16.5 Å². The van der Waals surface area contributed by atoms with E-state index in [9.17, 15) is 9.18 Å². The van der Waals surface area contributed by atoms with Crippen molar-refractivity contribution in [3.05, 3.63) is 59.4 Å². The number of aromatic nitrogens is 2. The molecule has 0 saturated carbocycles. The van der Waals surface area contributed by atoms with Crippen molar-refractivity contribution in [3.8, 4) is 5.75 Å². The second-order valence-electron chi connectivity index (χ2n) is 8.25. The van der Waals surface area contributed by atoms with Crippen LogP contribution in [-0.2, 0) is 16.1 Å². The molecule has 9 heteroatoms. The number of carbonyl (C=O) groups is 1. The molecule has 0 aliphatic carbocycles. The van der Waals surface area contributed by atoms with Gasteiger partial charge in [-0.25, -0.2) is 4.39 Å². The molecule has 1 fully saturated rings. The Labute approximate surface area is 196 Å². The summed E-state index contributed by atoms with van der Waals surface area (Å²) in [4.78, 5) is 20.6. The maximum absolute atomic E-state index is 14.4. The molecule has 2 aromatic heterocycles. The van der Waals surface area contributed by atoms with E-state index in [4.69, 9.17) is 9.47 Å². The van der Waals surface area contributed by atoms with Gasteiger partial charge in [0.25, 0.3) is 5.91 Å². The number of amides is 1. The Kier molecular flexibility index (Phi) is 6.24. The van der Waals surface area contributed by atoms with Crippen LogP contribution in [0.5, 0.6) is 5.75 Å². The summed E-state index contributed by atoms with van der Waals surface area (Å²) < 4.78 is 25.8. The van der Waals surface area contributed by atoms with E-state index in [-0.39, 0.29) is 11.7 Å². The molecule has 2 aliphatic rings. The van der Waals surface area contributed by atoms with Crippen molar-refractivity contribution in [1.29, 1.82) is 0 Å². The van der Waals surface area contributed by atoms with Crippen molar-refractivity contribution in [3.63, 3.8) is 0 Å². The van der Waals surface area contributed by atoms with Crippen LogP contribution in [0.2, 0.25) is 0 Å². The van der Waals surface area contributed by atoms with Crippen LogP contribution < -0.4 is 15.4 Å². The molecular formula is C24H25FN4O3S. The van der Waals surface area contributed by atoms with Crippen LogP contribution in [0, 0.1) is 11.7 Å². The number of hydrogen-bond donors (Lipinski definition) is 4. The molecule has 2 aliphatic heterocycles. The molecule has 172 valence electrons. The largest absolute Gasteiger partial charge is 0.491 e. The minimum atomic E-state index is -0.377. The molecule has 7 nitrogen and oxygen atoms in total. The van der Waals surface area contributed by atoms with Crippen molar-refractivity contribution in [2.45, 2.75) is 24.3 Å². The van der Waals surface area contributed by atoms with Gasteiger partial charge in [0, 0.05) is 65.3 Å². The zero-order chi connectivity index (χ0) is 22.8. The van der Waals surface area contributed by atoms with E-state index in [2.05, 4.69) is 33.2 Å². The summed E-state index contributed by atoms with van der Waals surface area (Å²) in [5.74, 6) is 0.497. The zero-order valence-corrected chi connectivity index (χ0v) is 18.9. The van der Waals surface area contributed by atoms with Crippen LogP contribution >= 0.6 is 12.6 Å². The fourth-order valence-corrected chi connectivity index (χ4v) is 4.67. The number of nitrogens with one attached hydrogen (secondary N) is 3. The first-order valence-electron chi connectivity index (χ1n) is 11.0.